The molecule has 2 aromatic heterocycles. The Bertz CT molecular complexity index is 2590. The van der Waals surface area contributed by atoms with Crippen LogP contribution in [0.25, 0.3) is 16.1 Å². The molecule has 0 aliphatic carbocycles. The molecule has 6 rings (SSSR count). The van der Waals surface area contributed by atoms with Gasteiger partial charge in [0.25, 0.3) is 0 Å². The summed E-state index contributed by atoms with van der Waals surface area (Å²) in [4.78, 5) is 47.8. The van der Waals surface area contributed by atoms with Gasteiger partial charge in [0.05, 0.1) is 46.5 Å². The molecule has 0 unspecified atom stereocenters. The van der Waals surface area contributed by atoms with Crippen molar-refractivity contribution in [3.8, 4) is 27.6 Å². The lowest BCUT2D eigenvalue weighted by atomic mass is 9.85. The zero-order valence-electron chi connectivity index (χ0n) is 38.2. The van der Waals surface area contributed by atoms with Crippen LogP contribution in [0.2, 0.25) is 0 Å². The van der Waals surface area contributed by atoms with Crippen LogP contribution in [0.1, 0.15) is 88.9 Å². The Balaban J connectivity index is 1.05. The van der Waals surface area contributed by atoms with Crippen LogP contribution in [0.15, 0.2) is 76.1 Å². The summed E-state index contributed by atoms with van der Waals surface area (Å²) in [7, 11) is -2.49. The van der Waals surface area contributed by atoms with Gasteiger partial charge in [-0.3, -0.25) is 14.4 Å². The Hall–Kier alpha value is -5.65. The number of hydrogen-bond donors (Lipinski definition) is 3. The minimum absolute atomic E-state index is 0.0271. The second-order valence-electron chi connectivity index (χ2n) is 18.4. The number of nitrogens with one attached hydrogen (secondary N) is 2. The van der Waals surface area contributed by atoms with E-state index in [1.54, 1.807) is 42.5 Å². The Labute approximate surface area is 379 Å². The van der Waals surface area contributed by atoms with Crippen molar-refractivity contribution in [2.45, 2.75) is 122 Å². The van der Waals surface area contributed by atoms with Crippen LogP contribution in [0, 0.1) is 26.2 Å². The molecule has 3 N–H and O–H groups in total. The maximum atomic E-state index is 14.1. The molecule has 5 aromatic rings. The standard InChI is InChI=1S/C47H59N7O8S2/c1-28-22-36(54-30(3)44(51-52-54)64(59,60)35-19-17-33(18-20-35)46(4,5)6)39(61-10)24-38(28)62-21-11-12-40(56)50-42(47(7,8)9)45(58)53-26-34(55)23-37(53)43(57)48-25-31-13-15-32(16-14-31)41-29(2)49-27-63-41/h13-20,22,24,27,34,37,42,55H,11-12,21,23,25-26H2,1-10H3,(H,48,57)(H,50,56)/t34-,37+,42-/m1/s1. The molecule has 0 saturated carbocycles. The minimum atomic E-state index is -3.97. The summed E-state index contributed by atoms with van der Waals surface area (Å²) in [6.07, 6.45) is -0.431. The molecule has 3 atom stereocenters. The Morgan fingerprint density at radius 1 is 0.969 bits per heavy atom. The first kappa shape index (κ1) is 47.8. The number of aromatic nitrogens is 4. The fourth-order valence-corrected chi connectivity index (χ4v) is 9.75. The zero-order valence-corrected chi connectivity index (χ0v) is 39.8. The van der Waals surface area contributed by atoms with Crippen molar-refractivity contribution in [1.29, 1.82) is 0 Å². The van der Waals surface area contributed by atoms with Gasteiger partial charge in [0, 0.05) is 32.0 Å². The van der Waals surface area contributed by atoms with Crippen molar-refractivity contribution in [1.82, 2.24) is 35.5 Å². The van der Waals surface area contributed by atoms with E-state index in [2.05, 4.69) is 46.7 Å². The summed E-state index contributed by atoms with van der Waals surface area (Å²) in [5.74, 6) is -0.324. The molecule has 0 radical (unpaired) electrons. The van der Waals surface area contributed by atoms with Crippen LogP contribution in [-0.4, -0.2) is 94.6 Å². The molecule has 1 aliphatic rings. The molecule has 3 amide bonds. The number of ether oxygens (including phenoxy) is 2. The van der Waals surface area contributed by atoms with Gasteiger partial charge >= 0.3 is 0 Å². The SMILES string of the molecule is COc1cc(OCCCC(=O)N[C@H](C(=O)N2C[C@H](O)C[C@H]2C(=O)NCc2ccc(-c3scnc3C)cc2)C(C)(C)C)c(C)cc1-n1nnc(S(=O)(=O)c2ccc(C(C)(C)C)cc2)c1C. The van der Waals surface area contributed by atoms with Crippen molar-refractivity contribution < 1.29 is 37.4 Å². The van der Waals surface area contributed by atoms with Crippen LogP contribution in [0.3, 0.4) is 0 Å². The van der Waals surface area contributed by atoms with Gasteiger partial charge in [0.1, 0.15) is 29.3 Å². The molecule has 15 nitrogen and oxygen atoms in total. The number of nitrogens with zero attached hydrogens (tertiary/aromatic N) is 5. The first-order valence-corrected chi connectivity index (χ1v) is 23.6. The third-order valence-corrected chi connectivity index (χ3v) is 14.1. The predicted molar refractivity (Wildman–Crippen MR) is 244 cm³/mol. The summed E-state index contributed by atoms with van der Waals surface area (Å²) in [6, 6.07) is 16.2. The molecule has 1 aliphatic heterocycles. The monoisotopic (exact) mass is 913 g/mol. The van der Waals surface area contributed by atoms with Crippen molar-refractivity contribution in [3.63, 3.8) is 0 Å². The number of rotatable bonds is 15. The van der Waals surface area contributed by atoms with E-state index in [0.29, 0.717) is 34.9 Å². The minimum Gasteiger partial charge on any atom is -0.494 e. The van der Waals surface area contributed by atoms with Crippen LogP contribution in [0.5, 0.6) is 11.5 Å². The van der Waals surface area contributed by atoms with E-state index in [9.17, 15) is 27.9 Å². The Morgan fingerprint density at radius 2 is 1.66 bits per heavy atom. The number of methoxy groups -OCH3 is 1. The second kappa shape index (κ2) is 19.2. The molecule has 0 spiro atoms. The second-order valence-corrected chi connectivity index (χ2v) is 21.1. The van der Waals surface area contributed by atoms with Crippen molar-refractivity contribution in [3.05, 3.63) is 94.3 Å². The summed E-state index contributed by atoms with van der Waals surface area (Å²) in [5, 5.41) is 24.5. The average Bonchev–Trinajstić information content (AvgIpc) is 3.98. The number of aryl methyl sites for hydroxylation is 2. The van der Waals surface area contributed by atoms with Gasteiger partial charge in [-0.05, 0) is 78.5 Å². The number of sulfone groups is 1. The fraction of sp³-hybridized carbons (Fsp3) is 0.447. The van der Waals surface area contributed by atoms with Gasteiger partial charge in [-0.15, -0.1) is 16.4 Å². The molecule has 3 aromatic carbocycles. The van der Waals surface area contributed by atoms with Gasteiger partial charge in [-0.1, -0.05) is 83.2 Å². The van der Waals surface area contributed by atoms with Gasteiger partial charge in [0.2, 0.25) is 32.6 Å². The molecule has 3 heterocycles. The number of amides is 3. The summed E-state index contributed by atoms with van der Waals surface area (Å²) < 4.78 is 40.5. The number of aliphatic hydroxyl groups is 1. The highest BCUT2D eigenvalue weighted by Crippen LogP contribution is 2.34. The summed E-state index contributed by atoms with van der Waals surface area (Å²) in [5.41, 5.74) is 6.34. The van der Waals surface area contributed by atoms with E-state index < -0.39 is 39.3 Å². The Kier molecular flexibility index (Phi) is 14.4. The normalized spacial score (nSPS) is 16.1. The number of carbonyl (C=O) groups excluding carboxylic acids is 3. The highest BCUT2D eigenvalue weighted by Gasteiger charge is 2.44. The lowest BCUT2D eigenvalue weighted by Crippen LogP contribution is -2.57. The maximum Gasteiger partial charge on any atom is 0.246 e. The third-order valence-electron chi connectivity index (χ3n) is 11.4. The first-order chi connectivity index (χ1) is 30.1. The van der Waals surface area contributed by atoms with Crippen molar-refractivity contribution in [2.75, 3.05) is 20.3 Å². The molecule has 342 valence electrons. The number of carbonyl (C=O) groups is 3. The van der Waals surface area contributed by atoms with Crippen molar-refractivity contribution in [2.24, 2.45) is 5.41 Å². The van der Waals surface area contributed by atoms with Crippen LogP contribution >= 0.6 is 11.3 Å². The number of benzene rings is 3. The average molecular weight is 914 g/mol. The molecular formula is C47H59N7O8S2. The van der Waals surface area contributed by atoms with Gasteiger partial charge in [0.15, 0.2) is 0 Å². The number of β-amino-alcohol motifs (C(OH)–C–C–N with tert-alkyl or cyclic N) is 1. The maximum absolute atomic E-state index is 14.1. The fourth-order valence-electron chi connectivity index (χ4n) is 7.61. The highest BCUT2D eigenvalue weighted by molar-refractivity contribution is 7.91. The summed E-state index contributed by atoms with van der Waals surface area (Å²) >= 11 is 1.57. The molecule has 17 heteroatoms. The zero-order chi connectivity index (χ0) is 46.7. The quantitative estimate of drug-likeness (QED) is 0.0981. The van der Waals surface area contributed by atoms with Gasteiger partial charge in [-0.2, -0.15) is 0 Å². The van der Waals surface area contributed by atoms with Crippen LogP contribution in [0.4, 0.5) is 0 Å². The van der Waals surface area contributed by atoms with Gasteiger partial charge < -0.3 is 30.1 Å². The molecule has 64 heavy (non-hydrogen) atoms. The van der Waals surface area contributed by atoms with E-state index in [1.165, 1.54) is 16.7 Å². The van der Waals surface area contributed by atoms with Crippen LogP contribution in [-0.2, 0) is 36.2 Å². The lowest BCUT2D eigenvalue weighted by Gasteiger charge is -2.35. The third kappa shape index (κ3) is 10.6. The Morgan fingerprint density at radius 3 is 2.27 bits per heavy atom. The van der Waals surface area contributed by atoms with Gasteiger partial charge in [-0.25, -0.2) is 18.1 Å². The summed E-state index contributed by atoms with van der Waals surface area (Å²) in [6.45, 7) is 17.5. The molecule has 1 fully saturated rings. The number of aliphatic hydroxyl groups excluding tert-OH is 1. The topological polar surface area (TPSA) is 195 Å². The van der Waals surface area contributed by atoms with Crippen molar-refractivity contribution >= 4 is 38.9 Å². The van der Waals surface area contributed by atoms with E-state index in [4.69, 9.17) is 9.47 Å². The largest absolute Gasteiger partial charge is 0.494 e. The number of thiazole rings is 1. The predicted octanol–water partition coefficient (Wildman–Crippen LogP) is 6.42. The van der Waals surface area contributed by atoms with Crippen LogP contribution < -0.4 is 20.1 Å². The lowest BCUT2D eigenvalue weighted by molar-refractivity contribution is -0.144. The molecular weight excluding hydrogens is 855 g/mol. The molecule has 1 saturated heterocycles. The highest BCUT2D eigenvalue weighted by atomic mass is 32.2. The van der Waals surface area contributed by atoms with E-state index in [-0.39, 0.29) is 59.7 Å². The smallest absolute Gasteiger partial charge is 0.246 e. The van der Waals surface area contributed by atoms with E-state index in [1.807, 2.05) is 76.5 Å². The first-order valence-electron chi connectivity index (χ1n) is 21.2. The molecule has 0 bridgehead atoms. The number of hydrogen-bond acceptors (Lipinski definition) is 12. The number of likely N-dealkylation sites (tertiary alicyclic amines) is 1. The van der Waals surface area contributed by atoms with E-state index >= 15 is 0 Å². The van der Waals surface area contributed by atoms with E-state index in [0.717, 1.165) is 27.3 Å².